The molecular formula is C21H28N4O4. The molecule has 3 N–H and O–H groups in total. The summed E-state index contributed by atoms with van der Waals surface area (Å²) in [5.74, 6) is 0.814. The minimum absolute atomic E-state index is 0.0292. The van der Waals surface area contributed by atoms with E-state index in [1.54, 1.807) is 12.1 Å². The number of aryl methyl sites for hydroxylation is 2. The van der Waals surface area contributed by atoms with Gasteiger partial charge >= 0.3 is 0 Å². The van der Waals surface area contributed by atoms with Crippen molar-refractivity contribution >= 4 is 11.8 Å². The highest BCUT2D eigenvalue weighted by Gasteiger charge is 2.24. The molecule has 2 aromatic heterocycles. The molecule has 8 nitrogen and oxygen atoms in total. The third kappa shape index (κ3) is 5.79. The van der Waals surface area contributed by atoms with E-state index in [9.17, 15) is 14.4 Å². The summed E-state index contributed by atoms with van der Waals surface area (Å²) in [7, 11) is 0. The quantitative estimate of drug-likeness (QED) is 0.657. The summed E-state index contributed by atoms with van der Waals surface area (Å²) in [5.41, 5.74) is 1.80. The lowest BCUT2D eigenvalue weighted by Gasteiger charge is -2.30. The van der Waals surface area contributed by atoms with Gasteiger partial charge in [-0.2, -0.15) is 0 Å². The number of rotatable bonds is 7. The normalized spacial score (nSPS) is 19.0. The highest BCUT2D eigenvalue weighted by Crippen LogP contribution is 2.24. The molecule has 0 aromatic carbocycles. The van der Waals surface area contributed by atoms with Crippen LogP contribution in [0.5, 0.6) is 0 Å². The Morgan fingerprint density at radius 2 is 2.10 bits per heavy atom. The molecule has 29 heavy (non-hydrogen) atoms. The third-order valence-corrected chi connectivity index (χ3v) is 5.50. The van der Waals surface area contributed by atoms with Gasteiger partial charge in [0.1, 0.15) is 11.5 Å². The predicted octanol–water partition coefficient (Wildman–Crippen LogP) is 2.02. The highest BCUT2D eigenvalue weighted by molar-refractivity contribution is 5.92. The van der Waals surface area contributed by atoms with Gasteiger partial charge in [0.15, 0.2) is 0 Å². The van der Waals surface area contributed by atoms with Crippen molar-refractivity contribution in [2.24, 2.45) is 5.92 Å². The van der Waals surface area contributed by atoms with Gasteiger partial charge in [0.2, 0.25) is 11.5 Å². The summed E-state index contributed by atoms with van der Waals surface area (Å²) in [6.07, 6.45) is 4.83. The van der Waals surface area contributed by atoms with Crippen LogP contribution >= 0.6 is 0 Å². The molecule has 2 amide bonds. The van der Waals surface area contributed by atoms with Crippen molar-refractivity contribution in [2.75, 3.05) is 6.54 Å². The summed E-state index contributed by atoms with van der Waals surface area (Å²) < 4.78 is 5.14. The van der Waals surface area contributed by atoms with Gasteiger partial charge in [-0.15, -0.1) is 0 Å². The molecule has 0 radical (unpaired) electrons. The third-order valence-electron chi connectivity index (χ3n) is 5.50. The fourth-order valence-electron chi connectivity index (χ4n) is 3.92. The maximum absolute atomic E-state index is 12.4. The number of aromatic amines is 1. The van der Waals surface area contributed by atoms with Gasteiger partial charge in [0.05, 0.1) is 5.69 Å². The molecule has 2 heterocycles. The molecule has 0 bridgehead atoms. The molecule has 1 fully saturated rings. The van der Waals surface area contributed by atoms with Crippen LogP contribution in [0.25, 0.3) is 0 Å². The maximum atomic E-state index is 12.4. The second kappa shape index (κ2) is 9.54. The fraction of sp³-hybridized carbons (Fsp3) is 0.524. The molecule has 1 aliphatic rings. The average molecular weight is 400 g/mol. The van der Waals surface area contributed by atoms with E-state index in [2.05, 4.69) is 20.8 Å². The van der Waals surface area contributed by atoms with Crippen molar-refractivity contribution < 1.29 is 14.1 Å². The first kappa shape index (κ1) is 20.8. The zero-order chi connectivity index (χ0) is 20.8. The summed E-state index contributed by atoms with van der Waals surface area (Å²) >= 11 is 0. The van der Waals surface area contributed by atoms with Crippen molar-refractivity contribution in [3.05, 3.63) is 51.3 Å². The van der Waals surface area contributed by atoms with Crippen molar-refractivity contribution in [1.29, 1.82) is 0 Å². The number of nitrogens with one attached hydrogen (secondary N) is 3. The largest absolute Gasteiger partial charge is 0.361 e. The topological polar surface area (TPSA) is 117 Å². The number of carbonyl (C=O) groups excluding carboxylic acids is 2. The minimum atomic E-state index is -0.297. The highest BCUT2D eigenvalue weighted by atomic mass is 16.5. The van der Waals surface area contributed by atoms with Crippen molar-refractivity contribution in [3.8, 4) is 0 Å². The number of hydrogen-bond acceptors (Lipinski definition) is 5. The van der Waals surface area contributed by atoms with Gasteiger partial charge in [-0.25, -0.2) is 0 Å². The van der Waals surface area contributed by atoms with Crippen molar-refractivity contribution in [1.82, 2.24) is 20.8 Å². The van der Waals surface area contributed by atoms with Crippen LogP contribution in [0.4, 0.5) is 0 Å². The van der Waals surface area contributed by atoms with Crippen LogP contribution in [0.2, 0.25) is 0 Å². The molecule has 2 aromatic rings. The van der Waals surface area contributed by atoms with Gasteiger partial charge in [-0.05, 0) is 51.5 Å². The second-order valence-electron chi connectivity index (χ2n) is 7.74. The van der Waals surface area contributed by atoms with Crippen LogP contribution in [0, 0.1) is 19.8 Å². The standard InChI is InChI=1S/C21H28N4O4/c1-13-17(14(2)29-25-13)9-10-20(27)23-16-6-3-5-15(11-16)12-22-21(28)18-7-4-8-19(26)24-18/h4,7-8,15-16H,3,5-6,9-12H2,1-2H3,(H,22,28)(H,23,27)(H,24,26)/t15-,16+/m1/s1. The number of H-pyrrole nitrogens is 1. The molecule has 0 saturated heterocycles. The Kier molecular flexibility index (Phi) is 6.85. The average Bonchev–Trinajstić information content (AvgIpc) is 3.02. The van der Waals surface area contributed by atoms with Crippen LogP contribution in [-0.4, -0.2) is 34.5 Å². The van der Waals surface area contributed by atoms with Crippen LogP contribution in [0.3, 0.4) is 0 Å². The van der Waals surface area contributed by atoms with Crippen molar-refractivity contribution in [3.63, 3.8) is 0 Å². The Balaban J connectivity index is 1.43. The molecule has 3 rings (SSSR count). The monoisotopic (exact) mass is 400 g/mol. The van der Waals surface area contributed by atoms with Crippen LogP contribution in [0.15, 0.2) is 27.5 Å². The van der Waals surface area contributed by atoms with Gasteiger partial charge < -0.3 is 20.1 Å². The maximum Gasteiger partial charge on any atom is 0.267 e. The molecular weight excluding hydrogens is 372 g/mol. The van der Waals surface area contributed by atoms with E-state index in [-0.39, 0.29) is 29.1 Å². The lowest BCUT2D eigenvalue weighted by atomic mass is 9.85. The fourth-order valence-corrected chi connectivity index (χ4v) is 3.92. The number of nitrogens with zero attached hydrogens (tertiary/aromatic N) is 1. The van der Waals surface area contributed by atoms with E-state index in [0.29, 0.717) is 25.3 Å². The number of pyridine rings is 1. The molecule has 2 atom stereocenters. The molecule has 0 aliphatic heterocycles. The summed E-state index contributed by atoms with van der Waals surface area (Å²) in [4.78, 5) is 38.4. The predicted molar refractivity (Wildman–Crippen MR) is 108 cm³/mol. The summed E-state index contributed by atoms with van der Waals surface area (Å²) in [6, 6.07) is 4.64. The molecule has 0 unspecified atom stereocenters. The summed E-state index contributed by atoms with van der Waals surface area (Å²) in [5, 5.41) is 9.93. The van der Waals surface area contributed by atoms with E-state index >= 15 is 0 Å². The molecule has 1 saturated carbocycles. The van der Waals surface area contributed by atoms with Crippen molar-refractivity contribution in [2.45, 2.75) is 58.4 Å². The van der Waals surface area contributed by atoms with E-state index in [4.69, 9.17) is 4.52 Å². The number of aromatic nitrogens is 2. The zero-order valence-electron chi connectivity index (χ0n) is 16.9. The molecule has 8 heteroatoms. The smallest absolute Gasteiger partial charge is 0.267 e. The molecule has 0 spiro atoms. The zero-order valence-corrected chi connectivity index (χ0v) is 16.9. The molecule has 1 aliphatic carbocycles. The Morgan fingerprint density at radius 1 is 1.28 bits per heavy atom. The Hall–Kier alpha value is -2.90. The minimum Gasteiger partial charge on any atom is -0.361 e. The first-order valence-corrected chi connectivity index (χ1v) is 10.1. The Bertz CT molecular complexity index is 898. The van der Waals surface area contributed by atoms with E-state index in [0.717, 1.165) is 42.7 Å². The van der Waals surface area contributed by atoms with Gasteiger partial charge in [-0.3, -0.25) is 14.4 Å². The first-order chi connectivity index (χ1) is 13.9. The second-order valence-corrected chi connectivity index (χ2v) is 7.74. The number of carbonyl (C=O) groups is 2. The van der Waals surface area contributed by atoms with E-state index in [1.165, 1.54) is 6.07 Å². The first-order valence-electron chi connectivity index (χ1n) is 10.1. The van der Waals surface area contributed by atoms with E-state index in [1.807, 2.05) is 13.8 Å². The van der Waals surface area contributed by atoms with Gasteiger partial charge in [0.25, 0.3) is 5.91 Å². The van der Waals surface area contributed by atoms with Gasteiger partial charge in [0, 0.05) is 30.6 Å². The SMILES string of the molecule is Cc1noc(C)c1CCC(=O)N[C@H]1CCC[C@@H](CNC(=O)c2cccc(=O)[nH]2)C1. The lowest BCUT2D eigenvalue weighted by molar-refractivity contribution is -0.122. The van der Waals surface area contributed by atoms with Crippen LogP contribution in [0.1, 0.15) is 59.6 Å². The van der Waals surface area contributed by atoms with Gasteiger partial charge in [-0.1, -0.05) is 17.6 Å². The van der Waals surface area contributed by atoms with Crippen LogP contribution < -0.4 is 16.2 Å². The number of amides is 2. The lowest BCUT2D eigenvalue weighted by Crippen LogP contribution is -2.41. The Labute approximate surface area is 169 Å². The van der Waals surface area contributed by atoms with Crippen LogP contribution in [-0.2, 0) is 11.2 Å². The summed E-state index contributed by atoms with van der Waals surface area (Å²) in [6.45, 7) is 4.27. The number of hydrogen-bond donors (Lipinski definition) is 3. The molecule has 156 valence electrons. The Morgan fingerprint density at radius 3 is 2.83 bits per heavy atom. The van der Waals surface area contributed by atoms with E-state index < -0.39 is 0 Å².